The van der Waals surface area contributed by atoms with Crippen LogP contribution in [0.1, 0.15) is 95.3 Å². The molecule has 4 fully saturated rings. The molecule has 1 unspecified atom stereocenters. The van der Waals surface area contributed by atoms with Gasteiger partial charge in [-0.1, -0.05) is 18.9 Å². The highest BCUT2D eigenvalue weighted by Crippen LogP contribution is 2.41. The molecule has 4 aliphatic heterocycles. The predicted molar refractivity (Wildman–Crippen MR) is 227 cm³/mol. The number of benzene rings is 2. The van der Waals surface area contributed by atoms with Crippen LogP contribution in [0.25, 0.3) is 0 Å². The van der Waals surface area contributed by atoms with E-state index in [1.54, 1.807) is 35.2 Å². The molecule has 2 saturated heterocycles. The number of halogens is 2. The summed E-state index contributed by atoms with van der Waals surface area (Å²) >= 11 is 0. The molecule has 2 saturated carbocycles. The van der Waals surface area contributed by atoms with E-state index in [9.17, 15) is 28.8 Å². The van der Waals surface area contributed by atoms with Crippen LogP contribution in [0, 0.1) is 0 Å². The van der Waals surface area contributed by atoms with E-state index in [-0.39, 0.29) is 53.8 Å². The monoisotopic (exact) mass is 868 g/mol. The molecule has 6 amide bonds. The zero-order valence-corrected chi connectivity index (χ0v) is 35.2. The Morgan fingerprint density at radius 1 is 0.889 bits per heavy atom. The maximum atomic E-state index is 15.1. The van der Waals surface area contributed by atoms with Gasteiger partial charge < -0.3 is 30.1 Å². The Balaban J connectivity index is 0.792. The third-order valence-electron chi connectivity index (χ3n) is 13.5. The van der Waals surface area contributed by atoms with E-state index in [1.165, 1.54) is 20.4 Å². The fourth-order valence-electron chi connectivity index (χ4n) is 10.1. The number of piperidine rings is 1. The molecule has 9 rings (SSSR count). The molecular formula is C44H50F2N10O7. The molecule has 63 heavy (non-hydrogen) atoms. The van der Waals surface area contributed by atoms with Crippen molar-refractivity contribution in [3.8, 4) is 5.75 Å². The van der Waals surface area contributed by atoms with Gasteiger partial charge in [0.25, 0.3) is 23.6 Å². The Morgan fingerprint density at radius 3 is 2.35 bits per heavy atom. The minimum atomic E-state index is -3.59. The average Bonchev–Trinajstić information content (AvgIpc) is 3.90. The second kappa shape index (κ2) is 16.8. The number of ether oxygens (including phenoxy) is 1. The molecule has 332 valence electrons. The zero-order valence-electron chi connectivity index (χ0n) is 35.2. The van der Waals surface area contributed by atoms with Gasteiger partial charge >= 0.3 is 5.92 Å². The Labute approximate surface area is 362 Å². The molecule has 0 radical (unpaired) electrons. The van der Waals surface area contributed by atoms with Gasteiger partial charge in [-0.2, -0.15) is 13.8 Å². The minimum absolute atomic E-state index is 0.0187. The number of carbonyl (C=O) groups excluding carboxylic acids is 6. The van der Waals surface area contributed by atoms with Gasteiger partial charge in [-0.15, -0.1) is 0 Å². The summed E-state index contributed by atoms with van der Waals surface area (Å²) in [5.41, 5.74) is 2.32. The van der Waals surface area contributed by atoms with Crippen molar-refractivity contribution < 1.29 is 42.3 Å². The van der Waals surface area contributed by atoms with E-state index in [4.69, 9.17) is 4.74 Å². The summed E-state index contributed by atoms with van der Waals surface area (Å²) in [7, 11) is 2.79. The van der Waals surface area contributed by atoms with E-state index in [0.29, 0.717) is 47.4 Å². The van der Waals surface area contributed by atoms with Crippen LogP contribution in [0.2, 0.25) is 0 Å². The van der Waals surface area contributed by atoms with Crippen molar-refractivity contribution in [2.45, 2.75) is 94.3 Å². The Kier molecular flexibility index (Phi) is 11.2. The molecule has 3 aromatic rings. The first-order chi connectivity index (χ1) is 30.3. The normalized spacial score (nSPS) is 24.3. The topological polar surface area (TPSA) is 190 Å². The number of aromatic nitrogens is 2. The molecule has 2 aliphatic carbocycles. The average molecular weight is 869 g/mol. The third kappa shape index (κ3) is 7.91. The number of anilines is 5. The number of hydrogen-bond acceptors (Lipinski definition) is 13. The second-order valence-electron chi connectivity index (χ2n) is 17.2. The summed E-state index contributed by atoms with van der Waals surface area (Å²) in [6.45, 7) is 2.04. The number of rotatable bonds is 9. The largest absolute Gasteiger partial charge is 0.495 e. The van der Waals surface area contributed by atoms with Crippen molar-refractivity contribution in [3.05, 3.63) is 59.3 Å². The third-order valence-corrected chi connectivity index (χ3v) is 13.5. The maximum Gasteiger partial charge on any atom is 0.342 e. The highest BCUT2D eigenvalue weighted by molar-refractivity contribution is 6.25. The summed E-state index contributed by atoms with van der Waals surface area (Å²) in [4.78, 5) is 94.6. The van der Waals surface area contributed by atoms with Crippen molar-refractivity contribution >= 4 is 64.3 Å². The highest BCUT2D eigenvalue weighted by atomic mass is 19.3. The van der Waals surface area contributed by atoms with Crippen molar-refractivity contribution in [3.63, 3.8) is 0 Å². The molecule has 19 heteroatoms. The number of piperazine rings is 1. The standard InChI is InChI=1S/C44H50F2N10O7/c1-52-33-23-47-43(51-37(33)55(28-6-3-4-7-28)24-44(45,46)42(52)62)49-30-15-10-25(22-34(30)63-2)38(58)48-26-11-13-27(14-12-26)53-18-20-54(21-19-53)31-9-5-8-29-36(31)41(61)56(40(29)60)32-16-17-35(57)50-39(32)59/h5,8-10,15,22-23,26-28,32H,3-4,6-7,11-14,16-21,24H2,1-2H3,(H,48,58)(H,47,49,51)(H,50,57,59). The van der Waals surface area contributed by atoms with Crippen LogP contribution >= 0.6 is 0 Å². The van der Waals surface area contributed by atoms with E-state index >= 15 is 8.78 Å². The quantitative estimate of drug-likeness (QED) is 0.264. The molecule has 6 aliphatic rings. The number of imide groups is 2. The Bertz CT molecular complexity index is 2360. The van der Waals surface area contributed by atoms with Crippen LogP contribution in [-0.2, 0) is 14.4 Å². The first-order valence-electron chi connectivity index (χ1n) is 21.7. The van der Waals surface area contributed by atoms with E-state index in [2.05, 4.69) is 35.7 Å². The van der Waals surface area contributed by atoms with Crippen molar-refractivity contribution in [1.29, 1.82) is 0 Å². The maximum absolute atomic E-state index is 15.1. The number of alkyl halides is 2. The lowest BCUT2D eigenvalue weighted by Crippen LogP contribution is -2.54. The van der Waals surface area contributed by atoms with E-state index < -0.39 is 48.0 Å². The van der Waals surface area contributed by atoms with Gasteiger partial charge in [0, 0.05) is 63.3 Å². The number of nitrogens with one attached hydrogen (secondary N) is 3. The van der Waals surface area contributed by atoms with Gasteiger partial charge in [-0.25, -0.2) is 4.98 Å². The predicted octanol–water partition coefficient (Wildman–Crippen LogP) is 3.85. The van der Waals surface area contributed by atoms with Gasteiger partial charge in [0.05, 0.1) is 42.4 Å². The fourth-order valence-corrected chi connectivity index (χ4v) is 10.1. The number of fused-ring (bicyclic) bond motifs is 2. The number of methoxy groups -OCH3 is 1. The van der Waals surface area contributed by atoms with Crippen LogP contribution < -0.4 is 35.4 Å². The Morgan fingerprint density at radius 2 is 1.63 bits per heavy atom. The first kappa shape index (κ1) is 42.1. The molecule has 3 N–H and O–H groups in total. The molecule has 0 spiro atoms. The molecular weight excluding hydrogens is 819 g/mol. The van der Waals surface area contributed by atoms with E-state index in [1.807, 2.05) is 6.07 Å². The summed E-state index contributed by atoms with van der Waals surface area (Å²) in [5.74, 6) is -6.46. The minimum Gasteiger partial charge on any atom is -0.495 e. The van der Waals surface area contributed by atoms with Gasteiger partial charge in [-0.3, -0.25) is 43.9 Å². The smallest absolute Gasteiger partial charge is 0.342 e. The van der Waals surface area contributed by atoms with Gasteiger partial charge in [0.1, 0.15) is 17.5 Å². The van der Waals surface area contributed by atoms with Gasteiger partial charge in [0.15, 0.2) is 5.82 Å². The number of carbonyl (C=O) groups is 6. The van der Waals surface area contributed by atoms with Crippen molar-refractivity contribution in [2.24, 2.45) is 0 Å². The molecule has 1 atom stereocenters. The SMILES string of the molecule is COc1cc(C(=O)NC2CCC(N3CCN(c4cccc5c4C(=O)N(C4CCC(=O)NC4=O)C5=O)CC3)CC2)ccc1Nc1ncc2c(n1)N(C1CCCC1)CC(F)(F)C(=O)N2C. The van der Waals surface area contributed by atoms with Crippen LogP contribution in [0.3, 0.4) is 0 Å². The molecule has 1 aromatic heterocycles. The molecule has 0 bridgehead atoms. The van der Waals surface area contributed by atoms with Crippen LogP contribution in [0.4, 0.5) is 37.6 Å². The lowest BCUT2D eigenvalue weighted by Gasteiger charge is -2.43. The molecule has 5 heterocycles. The summed E-state index contributed by atoms with van der Waals surface area (Å²) in [6, 6.07) is 9.30. The van der Waals surface area contributed by atoms with Crippen LogP contribution in [0.5, 0.6) is 5.75 Å². The van der Waals surface area contributed by atoms with Crippen molar-refractivity contribution in [2.75, 3.05) is 66.9 Å². The van der Waals surface area contributed by atoms with E-state index in [0.717, 1.165) is 74.3 Å². The van der Waals surface area contributed by atoms with Crippen LogP contribution in [-0.4, -0.2) is 132 Å². The fraction of sp³-hybridized carbons (Fsp3) is 0.500. The lowest BCUT2D eigenvalue weighted by atomic mass is 9.89. The first-order valence-corrected chi connectivity index (χ1v) is 21.7. The summed E-state index contributed by atoms with van der Waals surface area (Å²) in [5, 5.41) is 8.55. The van der Waals surface area contributed by atoms with Crippen LogP contribution in [0.15, 0.2) is 42.6 Å². The second-order valence-corrected chi connectivity index (χ2v) is 17.2. The summed E-state index contributed by atoms with van der Waals surface area (Å²) < 4.78 is 35.8. The zero-order chi connectivity index (χ0) is 44.2. The highest BCUT2D eigenvalue weighted by Gasteiger charge is 2.49. The lowest BCUT2D eigenvalue weighted by molar-refractivity contribution is -0.140. The Hall–Kier alpha value is -6.24. The molecule has 17 nitrogen and oxygen atoms in total. The number of amides is 6. The number of hydrogen-bond donors (Lipinski definition) is 3. The molecule has 2 aromatic carbocycles. The van der Waals surface area contributed by atoms with Crippen molar-refractivity contribution in [1.82, 2.24) is 30.4 Å². The van der Waals surface area contributed by atoms with Gasteiger partial charge in [-0.05, 0) is 75.3 Å². The summed E-state index contributed by atoms with van der Waals surface area (Å²) in [6.07, 6.45) is 8.19. The van der Waals surface area contributed by atoms with Gasteiger partial charge in [0.2, 0.25) is 17.8 Å². The number of nitrogens with zero attached hydrogens (tertiary/aromatic N) is 7.